The molecule has 4 heteroatoms. The molecule has 6 aromatic rings. The summed E-state index contributed by atoms with van der Waals surface area (Å²) in [4.78, 5) is 4.77. The van der Waals surface area contributed by atoms with Crippen LogP contribution in [-0.2, 0) is 6.61 Å². The van der Waals surface area contributed by atoms with Gasteiger partial charge in [0.25, 0.3) is 0 Å². The fraction of sp³-hybridized carbons (Fsp3) is 0.0385. The third kappa shape index (κ3) is 2.17. The molecule has 0 saturated carbocycles. The number of fused-ring (bicyclic) bond motifs is 8. The number of thiophene rings is 1. The molecule has 0 bridgehead atoms. The number of benzene rings is 4. The van der Waals surface area contributed by atoms with Gasteiger partial charge in [0.1, 0.15) is 12.4 Å². The molecule has 7 rings (SSSR count). The van der Waals surface area contributed by atoms with E-state index in [0.29, 0.717) is 6.61 Å². The molecule has 142 valence electrons. The number of ether oxygens (including phenoxy) is 1. The van der Waals surface area contributed by atoms with Gasteiger partial charge in [-0.1, -0.05) is 54.6 Å². The van der Waals surface area contributed by atoms with E-state index in [9.17, 15) is 0 Å². The zero-order chi connectivity index (χ0) is 19.7. The maximum Gasteiger partial charge on any atom is 0.152 e. The highest BCUT2D eigenvalue weighted by Gasteiger charge is 2.22. The van der Waals surface area contributed by atoms with Gasteiger partial charge < -0.3 is 4.74 Å². The van der Waals surface area contributed by atoms with Gasteiger partial charge in [-0.15, -0.1) is 11.3 Å². The molecule has 0 radical (unpaired) electrons. The van der Waals surface area contributed by atoms with Gasteiger partial charge in [-0.05, 0) is 41.5 Å². The smallest absolute Gasteiger partial charge is 0.152 e. The number of rotatable bonds is 1. The Kier molecular flexibility index (Phi) is 3.21. The van der Waals surface area contributed by atoms with Gasteiger partial charge >= 0.3 is 0 Å². The summed E-state index contributed by atoms with van der Waals surface area (Å²) in [5.74, 6) is 1.85. The number of hydrogen-bond acceptors (Lipinski definition) is 3. The molecule has 3 heterocycles. The molecule has 1 aliphatic rings. The first-order valence-electron chi connectivity index (χ1n) is 10.0. The standard InChI is InChI=1S/C26H16N2OS/c1-4-11-24-18(6-1)19-8-5-7-17(26(19)30-24)16-12-13-23-22(14-16)28-21-10-3-2-9-20(21)27-25(28)15-29-23/h1-14H,15H2. The van der Waals surface area contributed by atoms with Crippen molar-refractivity contribution >= 4 is 42.5 Å². The van der Waals surface area contributed by atoms with E-state index in [2.05, 4.69) is 83.4 Å². The molecule has 2 aromatic heterocycles. The van der Waals surface area contributed by atoms with Crippen LogP contribution in [0.5, 0.6) is 5.75 Å². The highest BCUT2D eigenvalue weighted by atomic mass is 32.1. The Hall–Kier alpha value is -3.63. The third-order valence-electron chi connectivity index (χ3n) is 5.90. The topological polar surface area (TPSA) is 27.1 Å². The number of imidazole rings is 1. The van der Waals surface area contributed by atoms with Crippen molar-refractivity contribution < 1.29 is 4.74 Å². The first kappa shape index (κ1) is 16.2. The minimum atomic E-state index is 0.493. The Bertz CT molecular complexity index is 1610. The summed E-state index contributed by atoms with van der Waals surface area (Å²) in [7, 11) is 0. The number of nitrogens with zero attached hydrogens (tertiary/aromatic N) is 2. The molecule has 30 heavy (non-hydrogen) atoms. The van der Waals surface area contributed by atoms with E-state index in [4.69, 9.17) is 9.72 Å². The van der Waals surface area contributed by atoms with E-state index in [1.807, 2.05) is 17.4 Å². The maximum absolute atomic E-state index is 6.03. The first-order valence-corrected chi connectivity index (χ1v) is 10.8. The number of hydrogen-bond donors (Lipinski definition) is 0. The summed E-state index contributed by atoms with van der Waals surface area (Å²) in [5, 5.41) is 2.64. The molecule has 0 amide bonds. The van der Waals surface area contributed by atoms with E-state index >= 15 is 0 Å². The highest BCUT2D eigenvalue weighted by molar-refractivity contribution is 7.26. The lowest BCUT2D eigenvalue weighted by atomic mass is 10.0. The average molecular weight is 404 g/mol. The van der Waals surface area contributed by atoms with Gasteiger partial charge in [-0.2, -0.15) is 0 Å². The maximum atomic E-state index is 6.03. The van der Waals surface area contributed by atoms with Crippen molar-refractivity contribution in [3.63, 3.8) is 0 Å². The summed E-state index contributed by atoms with van der Waals surface area (Å²) >= 11 is 1.86. The predicted octanol–water partition coefficient (Wildman–Crippen LogP) is 6.95. The molecular weight excluding hydrogens is 388 g/mol. The van der Waals surface area contributed by atoms with Crippen LogP contribution < -0.4 is 4.74 Å². The minimum Gasteiger partial charge on any atom is -0.483 e. The van der Waals surface area contributed by atoms with E-state index in [1.165, 1.54) is 31.3 Å². The normalized spacial score (nSPS) is 12.8. The Labute approximate surface area is 176 Å². The second-order valence-corrected chi connectivity index (χ2v) is 8.66. The van der Waals surface area contributed by atoms with Gasteiger partial charge in [-0.3, -0.25) is 4.57 Å². The van der Waals surface area contributed by atoms with Crippen molar-refractivity contribution in [1.82, 2.24) is 9.55 Å². The van der Waals surface area contributed by atoms with Crippen LogP contribution >= 0.6 is 11.3 Å². The quantitative estimate of drug-likeness (QED) is 0.296. The average Bonchev–Trinajstić information content (AvgIpc) is 3.37. The summed E-state index contributed by atoms with van der Waals surface area (Å²) in [6.45, 7) is 0.493. The van der Waals surface area contributed by atoms with E-state index in [0.717, 1.165) is 28.3 Å². The molecule has 0 aliphatic carbocycles. The highest BCUT2D eigenvalue weighted by Crippen LogP contribution is 2.42. The molecule has 0 unspecified atom stereocenters. The van der Waals surface area contributed by atoms with Crippen molar-refractivity contribution in [3.8, 4) is 22.6 Å². The third-order valence-corrected chi connectivity index (χ3v) is 7.12. The Morgan fingerprint density at radius 2 is 1.70 bits per heavy atom. The van der Waals surface area contributed by atoms with Crippen molar-refractivity contribution in [2.75, 3.05) is 0 Å². The lowest BCUT2D eigenvalue weighted by Gasteiger charge is -2.21. The molecule has 0 N–H and O–H groups in total. The Balaban J connectivity index is 1.50. The molecule has 0 spiro atoms. The zero-order valence-electron chi connectivity index (χ0n) is 16.0. The van der Waals surface area contributed by atoms with Crippen LogP contribution in [0.2, 0.25) is 0 Å². The predicted molar refractivity (Wildman–Crippen MR) is 124 cm³/mol. The molecule has 0 saturated heterocycles. The van der Waals surface area contributed by atoms with Gasteiger partial charge in [0.2, 0.25) is 0 Å². The van der Waals surface area contributed by atoms with E-state index in [1.54, 1.807) is 0 Å². The lowest BCUT2D eigenvalue weighted by molar-refractivity contribution is 0.281. The van der Waals surface area contributed by atoms with Crippen LogP contribution in [0.1, 0.15) is 5.82 Å². The van der Waals surface area contributed by atoms with Crippen LogP contribution in [0.15, 0.2) is 84.9 Å². The summed E-state index contributed by atoms with van der Waals surface area (Å²) in [6, 6.07) is 30.0. The molecule has 1 aliphatic heterocycles. The van der Waals surface area contributed by atoms with Gasteiger partial charge in [0, 0.05) is 20.2 Å². The van der Waals surface area contributed by atoms with Crippen molar-refractivity contribution in [2.24, 2.45) is 0 Å². The largest absolute Gasteiger partial charge is 0.483 e. The van der Waals surface area contributed by atoms with Gasteiger partial charge in [0.05, 0.1) is 16.7 Å². The fourth-order valence-corrected chi connectivity index (χ4v) is 5.78. The summed E-state index contributed by atoms with van der Waals surface area (Å²) < 4.78 is 10.9. The van der Waals surface area contributed by atoms with E-state index in [-0.39, 0.29) is 0 Å². The van der Waals surface area contributed by atoms with Crippen LogP contribution in [0.25, 0.3) is 48.0 Å². The molecule has 3 nitrogen and oxygen atoms in total. The Morgan fingerprint density at radius 1 is 0.833 bits per heavy atom. The van der Waals surface area contributed by atoms with Crippen molar-refractivity contribution in [1.29, 1.82) is 0 Å². The van der Waals surface area contributed by atoms with Crippen LogP contribution in [-0.4, -0.2) is 9.55 Å². The zero-order valence-corrected chi connectivity index (χ0v) is 16.8. The molecule has 0 atom stereocenters. The molecule has 0 fully saturated rings. The van der Waals surface area contributed by atoms with Gasteiger partial charge in [0.15, 0.2) is 5.82 Å². The molecule has 4 aromatic carbocycles. The monoisotopic (exact) mass is 404 g/mol. The Morgan fingerprint density at radius 3 is 2.70 bits per heavy atom. The second kappa shape index (κ2) is 5.94. The lowest BCUT2D eigenvalue weighted by Crippen LogP contribution is -2.13. The van der Waals surface area contributed by atoms with Crippen LogP contribution in [0.3, 0.4) is 0 Å². The number of para-hydroxylation sites is 2. The van der Waals surface area contributed by atoms with Crippen LogP contribution in [0, 0.1) is 0 Å². The summed E-state index contributed by atoms with van der Waals surface area (Å²) in [5.41, 5.74) is 5.63. The van der Waals surface area contributed by atoms with Gasteiger partial charge in [-0.25, -0.2) is 4.98 Å². The minimum absolute atomic E-state index is 0.493. The number of aromatic nitrogens is 2. The second-order valence-electron chi connectivity index (χ2n) is 7.60. The van der Waals surface area contributed by atoms with Crippen LogP contribution in [0.4, 0.5) is 0 Å². The van der Waals surface area contributed by atoms with Crippen molar-refractivity contribution in [2.45, 2.75) is 6.61 Å². The first-order chi connectivity index (χ1) is 14.9. The van der Waals surface area contributed by atoms with Crippen molar-refractivity contribution in [3.05, 3.63) is 90.8 Å². The molecular formula is C26H16N2OS. The summed E-state index contributed by atoms with van der Waals surface area (Å²) in [6.07, 6.45) is 0. The fourth-order valence-electron chi connectivity index (χ4n) is 4.54. The SMILES string of the molecule is c1ccc2c(c1)nc1n2-c2cc(-c3cccc4c3sc3ccccc34)ccc2OC1. The van der Waals surface area contributed by atoms with E-state index < -0.39 is 0 Å².